The molecule has 0 amide bonds. The normalized spacial score (nSPS) is 9.79. The molecule has 0 atom stereocenters. The third-order valence-corrected chi connectivity index (χ3v) is 2.18. The number of hydrogen-bond acceptors (Lipinski definition) is 3. The van der Waals surface area contributed by atoms with Crippen LogP contribution in [0.5, 0.6) is 5.88 Å². The zero-order valence-corrected chi connectivity index (χ0v) is 8.22. The molecule has 0 spiro atoms. The molecule has 0 radical (unpaired) electrons. The highest BCUT2D eigenvalue weighted by Crippen LogP contribution is 2.19. The Morgan fingerprint density at radius 3 is 2.71 bits per heavy atom. The van der Waals surface area contributed by atoms with E-state index < -0.39 is 5.56 Å². The van der Waals surface area contributed by atoms with Gasteiger partial charge in [0.1, 0.15) is 11.6 Å². The molecule has 1 aromatic heterocycles. The van der Waals surface area contributed by atoms with Gasteiger partial charge in [0.2, 0.25) is 0 Å². The van der Waals surface area contributed by atoms with E-state index in [1.54, 1.807) is 6.92 Å². The first-order chi connectivity index (χ1) is 6.61. The van der Waals surface area contributed by atoms with Crippen molar-refractivity contribution >= 4 is 0 Å². The summed E-state index contributed by atoms with van der Waals surface area (Å²) in [4.78, 5) is 13.5. The summed E-state index contributed by atoms with van der Waals surface area (Å²) in [6.07, 6.45) is 1.51. The summed E-state index contributed by atoms with van der Waals surface area (Å²) >= 11 is 0. The number of pyridine rings is 1. The predicted molar refractivity (Wildman–Crippen MR) is 52.2 cm³/mol. The second-order valence-corrected chi connectivity index (χ2v) is 3.14. The van der Waals surface area contributed by atoms with Crippen molar-refractivity contribution in [2.45, 2.75) is 26.7 Å². The van der Waals surface area contributed by atoms with Crippen LogP contribution >= 0.6 is 0 Å². The summed E-state index contributed by atoms with van der Waals surface area (Å²) in [5, 5.41) is 18.2. The quantitative estimate of drug-likeness (QED) is 0.739. The lowest BCUT2D eigenvalue weighted by Gasteiger charge is -2.07. The van der Waals surface area contributed by atoms with E-state index in [1.165, 1.54) is 0 Å². The largest absolute Gasteiger partial charge is 0.494 e. The Morgan fingerprint density at radius 1 is 1.57 bits per heavy atom. The molecule has 0 fully saturated rings. The summed E-state index contributed by atoms with van der Waals surface area (Å²) < 4.78 is 0. The molecule has 14 heavy (non-hydrogen) atoms. The molecule has 0 aliphatic carbocycles. The minimum absolute atomic E-state index is 0.0891. The average molecular weight is 192 g/mol. The van der Waals surface area contributed by atoms with Crippen LogP contribution in [0.3, 0.4) is 0 Å². The van der Waals surface area contributed by atoms with Gasteiger partial charge < -0.3 is 5.11 Å². The van der Waals surface area contributed by atoms with Gasteiger partial charge >= 0.3 is 0 Å². The molecule has 1 aromatic rings. The SMILES string of the molecule is CCCc1c(O)[nH]c(=O)c(C#N)c1C. The van der Waals surface area contributed by atoms with Gasteiger partial charge in [-0.05, 0) is 18.9 Å². The van der Waals surface area contributed by atoms with Gasteiger partial charge in [-0.15, -0.1) is 0 Å². The lowest BCUT2D eigenvalue weighted by Crippen LogP contribution is -2.14. The van der Waals surface area contributed by atoms with E-state index in [2.05, 4.69) is 4.98 Å². The number of hydrogen-bond donors (Lipinski definition) is 2. The van der Waals surface area contributed by atoms with Crippen LogP contribution in [-0.4, -0.2) is 10.1 Å². The molecular weight excluding hydrogens is 180 g/mol. The highest BCUT2D eigenvalue weighted by molar-refractivity contribution is 5.44. The van der Waals surface area contributed by atoms with Crippen LogP contribution in [0.4, 0.5) is 0 Å². The zero-order valence-electron chi connectivity index (χ0n) is 8.22. The zero-order chi connectivity index (χ0) is 10.7. The standard InChI is InChI=1S/C10H12N2O2/c1-3-4-7-6(2)8(5-11)10(14)12-9(7)13/h3-4H2,1-2H3,(H2,12,13,14). The van der Waals surface area contributed by atoms with Crippen molar-refractivity contribution < 1.29 is 5.11 Å². The summed E-state index contributed by atoms with van der Waals surface area (Å²) in [5.41, 5.74) is 0.799. The van der Waals surface area contributed by atoms with Gasteiger partial charge in [-0.1, -0.05) is 13.3 Å². The highest BCUT2D eigenvalue weighted by atomic mass is 16.3. The Balaban J connectivity index is 3.46. The van der Waals surface area contributed by atoms with Crippen LogP contribution in [0.25, 0.3) is 0 Å². The maximum absolute atomic E-state index is 11.2. The Hall–Kier alpha value is -1.76. The number of nitriles is 1. The fourth-order valence-corrected chi connectivity index (χ4v) is 1.43. The van der Waals surface area contributed by atoms with Crippen molar-refractivity contribution in [2.24, 2.45) is 0 Å². The van der Waals surface area contributed by atoms with Crippen molar-refractivity contribution in [2.75, 3.05) is 0 Å². The molecule has 0 saturated carbocycles. The van der Waals surface area contributed by atoms with Crippen molar-refractivity contribution in [3.63, 3.8) is 0 Å². The van der Waals surface area contributed by atoms with E-state index >= 15 is 0 Å². The van der Waals surface area contributed by atoms with E-state index in [0.29, 0.717) is 17.5 Å². The van der Waals surface area contributed by atoms with Gasteiger partial charge in [0.25, 0.3) is 5.56 Å². The van der Waals surface area contributed by atoms with Crippen LogP contribution < -0.4 is 5.56 Å². The lowest BCUT2D eigenvalue weighted by molar-refractivity contribution is 0.443. The second kappa shape index (κ2) is 3.97. The molecule has 0 bridgehead atoms. The predicted octanol–water partition coefficient (Wildman–Crippen LogP) is 1.21. The Bertz CT molecular complexity index is 441. The van der Waals surface area contributed by atoms with E-state index in [9.17, 15) is 9.90 Å². The first-order valence-corrected chi connectivity index (χ1v) is 4.46. The Labute approximate surface area is 81.8 Å². The minimum Gasteiger partial charge on any atom is -0.494 e. The number of H-pyrrole nitrogens is 1. The second-order valence-electron chi connectivity index (χ2n) is 3.14. The molecule has 4 nitrogen and oxygen atoms in total. The number of aromatic nitrogens is 1. The number of aromatic amines is 1. The molecule has 1 rings (SSSR count). The summed E-state index contributed by atoms with van der Waals surface area (Å²) in [6, 6.07) is 1.83. The smallest absolute Gasteiger partial charge is 0.268 e. The van der Waals surface area contributed by atoms with Crippen LogP contribution in [0.1, 0.15) is 30.0 Å². The van der Waals surface area contributed by atoms with E-state index in [0.717, 1.165) is 6.42 Å². The van der Waals surface area contributed by atoms with E-state index in [-0.39, 0.29) is 11.4 Å². The lowest BCUT2D eigenvalue weighted by atomic mass is 10.0. The fraction of sp³-hybridized carbons (Fsp3) is 0.400. The van der Waals surface area contributed by atoms with Crippen LogP contribution in [-0.2, 0) is 6.42 Å². The average Bonchev–Trinajstić information content (AvgIpc) is 2.12. The molecule has 0 aliphatic heterocycles. The summed E-state index contributed by atoms with van der Waals surface area (Å²) in [6.45, 7) is 3.65. The molecule has 74 valence electrons. The first-order valence-electron chi connectivity index (χ1n) is 4.46. The molecule has 0 aliphatic rings. The van der Waals surface area contributed by atoms with Gasteiger partial charge in [-0.3, -0.25) is 9.78 Å². The number of rotatable bonds is 2. The summed E-state index contributed by atoms with van der Waals surface area (Å²) in [7, 11) is 0. The summed E-state index contributed by atoms with van der Waals surface area (Å²) in [5.74, 6) is -0.117. The number of nitrogens with zero attached hydrogens (tertiary/aromatic N) is 1. The molecule has 1 heterocycles. The maximum Gasteiger partial charge on any atom is 0.268 e. The third-order valence-electron chi connectivity index (χ3n) is 2.18. The number of nitrogens with one attached hydrogen (secondary N) is 1. The van der Waals surface area contributed by atoms with Gasteiger partial charge in [-0.25, -0.2) is 0 Å². The van der Waals surface area contributed by atoms with Crippen molar-refractivity contribution in [3.8, 4) is 11.9 Å². The minimum atomic E-state index is -0.526. The Kier molecular flexibility index (Phi) is 2.92. The van der Waals surface area contributed by atoms with Crippen molar-refractivity contribution in [3.05, 3.63) is 27.0 Å². The van der Waals surface area contributed by atoms with Gasteiger partial charge in [-0.2, -0.15) is 5.26 Å². The fourth-order valence-electron chi connectivity index (χ4n) is 1.43. The molecule has 0 unspecified atom stereocenters. The molecule has 4 heteroatoms. The monoisotopic (exact) mass is 192 g/mol. The van der Waals surface area contributed by atoms with Gasteiger partial charge in [0.05, 0.1) is 0 Å². The first kappa shape index (κ1) is 10.3. The Morgan fingerprint density at radius 2 is 2.21 bits per heavy atom. The number of aromatic hydroxyl groups is 1. The van der Waals surface area contributed by atoms with Crippen LogP contribution in [0.15, 0.2) is 4.79 Å². The molecule has 0 aromatic carbocycles. The van der Waals surface area contributed by atoms with Gasteiger partial charge in [0, 0.05) is 5.56 Å². The van der Waals surface area contributed by atoms with Crippen LogP contribution in [0, 0.1) is 18.3 Å². The maximum atomic E-state index is 11.2. The van der Waals surface area contributed by atoms with E-state index in [4.69, 9.17) is 5.26 Å². The van der Waals surface area contributed by atoms with Crippen molar-refractivity contribution in [1.29, 1.82) is 5.26 Å². The molecular formula is C10H12N2O2. The molecule has 2 N–H and O–H groups in total. The third kappa shape index (κ3) is 1.62. The highest BCUT2D eigenvalue weighted by Gasteiger charge is 2.12. The van der Waals surface area contributed by atoms with Crippen molar-refractivity contribution in [1.82, 2.24) is 4.98 Å². The molecule has 0 saturated heterocycles. The topological polar surface area (TPSA) is 76.9 Å². The van der Waals surface area contributed by atoms with E-state index in [1.807, 2.05) is 13.0 Å². The van der Waals surface area contributed by atoms with Crippen LogP contribution in [0.2, 0.25) is 0 Å². The van der Waals surface area contributed by atoms with Gasteiger partial charge in [0.15, 0.2) is 5.88 Å².